The minimum absolute atomic E-state index is 0.110. The molecule has 2 N–H and O–H groups in total. The third-order valence-electron chi connectivity index (χ3n) is 3.57. The van der Waals surface area contributed by atoms with E-state index in [0.29, 0.717) is 17.9 Å². The fourth-order valence-corrected chi connectivity index (χ4v) is 2.17. The summed E-state index contributed by atoms with van der Waals surface area (Å²) in [6, 6.07) is 14.3. The van der Waals surface area contributed by atoms with E-state index in [1.165, 1.54) is 0 Å². The van der Waals surface area contributed by atoms with Crippen molar-refractivity contribution in [3.8, 4) is 11.5 Å². The van der Waals surface area contributed by atoms with Crippen LogP contribution in [0.5, 0.6) is 11.5 Å². The number of carbonyl (C=O) groups is 1. The average Bonchev–Trinajstić information content (AvgIpc) is 2.66. The molecule has 0 spiro atoms. The number of methoxy groups -OCH3 is 2. The van der Waals surface area contributed by atoms with Gasteiger partial charge in [0, 0.05) is 12.1 Å². The number of amides is 1. The number of hydrogen-bond donors (Lipinski definition) is 2. The quantitative estimate of drug-likeness (QED) is 0.727. The predicted octanol–water partition coefficient (Wildman–Crippen LogP) is 2.01. The van der Waals surface area contributed by atoms with Gasteiger partial charge in [0.15, 0.2) is 0 Å². The maximum atomic E-state index is 12.0. The highest BCUT2D eigenvalue weighted by molar-refractivity contribution is 5.94. The van der Waals surface area contributed by atoms with Crippen LogP contribution in [0.4, 0.5) is 0 Å². The van der Waals surface area contributed by atoms with Crippen molar-refractivity contribution in [2.45, 2.75) is 12.7 Å². The summed E-state index contributed by atoms with van der Waals surface area (Å²) in [5.74, 6) is 1.12. The second-order valence-electron chi connectivity index (χ2n) is 5.46. The molecule has 1 amide bonds. The molecule has 2 aromatic carbocycles. The summed E-state index contributed by atoms with van der Waals surface area (Å²) >= 11 is 0. The molecule has 2 aromatic rings. The van der Waals surface area contributed by atoms with Crippen molar-refractivity contribution < 1.29 is 24.1 Å². The lowest BCUT2D eigenvalue weighted by Gasteiger charge is -2.13. The van der Waals surface area contributed by atoms with Crippen molar-refractivity contribution in [2.24, 2.45) is 0 Å². The van der Waals surface area contributed by atoms with Crippen LogP contribution in [-0.2, 0) is 11.3 Å². The van der Waals surface area contributed by atoms with Gasteiger partial charge in [-0.3, -0.25) is 4.79 Å². The smallest absolute Gasteiger partial charge is 0.251 e. The number of nitrogens with one attached hydrogen (secondary N) is 1. The molecule has 6 nitrogen and oxygen atoms in total. The first-order valence-corrected chi connectivity index (χ1v) is 7.93. The van der Waals surface area contributed by atoms with Crippen LogP contribution in [0.15, 0.2) is 48.5 Å². The van der Waals surface area contributed by atoms with Crippen molar-refractivity contribution in [3.63, 3.8) is 0 Å². The van der Waals surface area contributed by atoms with Gasteiger partial charge in [0.2, 0.25) is 0 Å². The molecule has 25 heavy (non-hydrogen) atoms. The van der Waals surface area contributed by atoms with Gasteiger partial charge in [-0.15, -0.1) is 0 Å². The Morgan fingerprint density at radius 2 is 1.80 bits per heavy atom. The van der Waals surface area contributed by atoms with E-state index in [9.17, 15) is 9.90 Å². The van der Waals surface area contributed by atoms with Gasteiger partial charge in [0.25, 0.3) is 5.91 Å². The normalized spacial score (nSPS) is 11.6. The van der Waals surface area contributed by atoms with Gasteiger partial charge < -0.3 is 24.6 Å². The van der Waals surface area contributed by atoms with Crippen LogP contribution in [0.2, 0.25) is 0 Å². The number of aliphatic hydroxyl groups is 1. The van der Waals surface area contributed by atoms with Crippen molar-refractivity contribution in [3.05, 3.63) is 59.7 Å². The highest BCUT2D eigenvalue weighted by Crippen LogP contribution is 2.13. The topological polar surface area (TPSA) is 77.0 Å². The molecule has 1 atom stereocenters. The van der Waals surface area contributed by atoms with E-state index in [1.54, 1.807) is 38.5 Å². The Bertz CT molecular complexity index is 672. The van der Waals surface area contributed by atoms with Crippen LogP contribution in [0, 0.1) is 0 Å². The van der Waals surface area contributed by atoms with E-state index in [4.69, 9.17) is 14.2 Å². The van der Waals surface area contributed by atoms with Crippen molar-refractivity contribution in [1.29, 1.82) is 0 Å². The summed E-state index contributed by atoms with van der Waals surface area (Å²) < 4.78 is 15.6. The maximum Gasteiger partial charge on any atom is 0.251 e. The lowest BCUT2D eigenvalue weighted by atomic mass is 10.2. The summed E-state index contributed by atoms with van der Waals surface area (Å²) in [7, 11) is 3.16. The van der Waals surface area contributed by atoms with Gasteiger partial charge >= 0.3 is 0 Å². The second-order valence-corrected chi connectivity index (χ2v) is 5.46. The third kappa shape index (κ3) is 6.10. The number of hydrogen-bond acceptors (Lipinski definition) is 5. The summed E-state index contributed by atoms with van der Waals surface area (Å²) in [5, 5.41) is 12.6. The first kappa shape index (κ1) is 18.8. The predicted molar refractivity (Wildman–Crippen MR) is 94.0 cm³/mol. The fourth-order valence-electron chi connectivity index (χ4n) is 2.17. The third-order valence-corrected chi connectivity index (χ3v) is 3.57. The average molecular weight is 345 g/mol. The monoisotopic (exact) mass is 345 g/mol. The molecule has 0 aromatic heterocycles. The number of rotatable bonds is 9. The van der Waals surface area contributed by atoms with Crippen molar-refractivity contribution in [2.75, 3.05) is 27.4 Å². The highest BCUT2D eigenvalue weighted by Gasteiger charge is 2.10. The highest BCUT2D eigenvalue weighted by atomic mass is 16.5. The number of aliphatic hydroxyl groups excluding tert-OH is 1. The van der Waals surface area contributed by atoms with Crippen molar-refractivity contribution in [1.82, 2.24) is 5.32 Å². The maximum absolute atomic E-state index is 12.0. The fraction of sp³-hybridized carbons (Fsp3) is 0.316. The molecule has 6 heteroatoms. The van der Waals surface area contributed by atoms with E-state index < -0.39 is 6.10 Å². The summed E-state index contributed by atoms with van der Waals surface area (Å²) in [6.07, 6.45) is -0.784. The minimum Gasteiger partial charge on any atom is -0.497 e. The molecule has 0 heterocycles. The lowest BCUT2D eigenvalue weighted by molar-refractivity contribution is 0.0285. The Labute approximate surface area is 147 Å². The molecule has 2 rings (SSSR count). The Balaban J connectivity index is 1.70. The molecule has 0 fully saturated rings. The SMILES string of the molecule is COc1ccc(COC[C@H](O)CNC(=O)c2cccc(OC)c2)cc1. The number of benzene rings is 2. The molecule has 0 radical (unpaired) electrons. The van der Waals surface area contributed by atoms with E-state index in [0.717, 1.165) is 11.3 Å². The second kappa shape index (κ2) is 9.66. The molecule has 0 aliphatic heterocycles. The molecular formula is C19H23NO5. The molecule has 0 aliphatic rings. The van der Waals surface area contributed by atoms with E-state index in [2.05, 4.69) is 5.32 Å². The first-order valence-electron chi connectivity index (χ1n) is 7.93. The summed E-state index contributed by atoms with van der Waals surface area (Å²) in [4.78, 5) is 12.0. The van der Waals surface area contributed by atoms with Gasteiger partial charge in [-0.05, 0) is 35.9 Å². The minimum atomic E-state index is -0.784. The van der Waals surface area contributed by atoms with Crippen LogP contribution in [-0.4, -0.2) is 44.5 Å². The zero-order valence-corrected chi connectivity index (χ0v) is 14.4. The zero-order valence-electron chi connectivity index (χ0n) is 14.4. The Kier molecular flexibility index (Phi) is 7.25. The van der Waals surface area contributed by atoms with Crippen LogP contribution in [0.1, 0.15) is 15.9 Å². The largest absolute Gasteiger partial charge is 0.497 e. The van der Waals surface area contributed by atoms with E-state index in [-0.39, 0.29) is 19.1 Å². The van der Waals surface area contributed by atoms with Crippen LogP contribution < -0.4 is 14.8 Å². The molecule has 0 saturated carbocycles. The van der Waals surface area contributed by atoms with E-state index in [1.807, 2.05) is 24.3 Å². The molecule has 0 aliphatic carbocycles. The summed E-state index contributed by atoms with van der Waals surface area (Å²) in [5.41, 5.74) is 1.46. The Morgan fingerprint density at radius 3 is 2.48 bits per heavy atom. The van der Waals surface area contributed by atoms with Crippen molar-refractivity contribution >= 4 is 5.91 Å². The Morgan fingerprint density at radius 1 is 1.08 bits per heavy atom. The van der Waals surface area contributed by atoms with Crippen LogP contribution in [0.25, 0.3) is 0 Å². The van der Waals surface area contributed by atoms with Crippen LogP contribution >= 0.6 is 0 Å². The first-order chi connectivity index (χ1) is 12.1. The molecule has 0 unspecified atom stereocenters. The van der Waals surface area contributed by atoms with Gasteiger partial charge in [0.1, 0.15) is 11.5 Å². The summed E-state index contributed by atoms with van der Waals surface area (Å²) in [6.45, 7) is 0.619. The zero-order chi connectivity index (χ0) is 18.1. The lowest BCUT2D eigenvalue weighted by Crippen LogP contribution is -2.34. The van der Waals surface area contributed by atoms with E-state index >= 15 is 0 Å². The molecule has 0 bridgehead atoms. The number of ether oxygens (including phenoxy) is 3. The molecular weight excluding hydrogens is 322 g/mol. The number of carbonyl (C=O) groups excluding carboxylic acids is 1. The van der Waals surface area contributed by atoms with Gasteiger partial charge in [-0.2, -0.15) is 0 Å². The van der Waals surface area contributed by atoms with Gasteiger partial charge in [-0.25, -0.2) is 0 Å². The Hall–Kier alpha value is -2.57. The van der Waals surface area contributed by atoms with Gasteiger partial charge in [-0.1, -0.05) is 18.2 Å². The van der Waals surface area contributed by atoms with Crippen LogP contribution in [0.3, 0.4) is 0 Å². The standard InChI is InChI=1S/C19H23NO5/c1-23-17-8-6-14(7-9-17)12-25-13-16(21)11-20-19(22)15-4-3-5-18(10-15)24-2/h3-10,16,21H,11-13H2,1-2H3,(H,20,22)/t16-/m1/s1. The molecule has 0 saturated heterocycles. The van der Waals surface area contributed by atoms with Gasteiger partial charge in [0.05, 0.1) is 33.5 Å². The molecule has 134 valence electrons.